The van der Waals surface area contributed by atoms with Crippen molar-refractivity contribution in [1.29, 1.82) is 0 Å². The summed E-state index contributed by atoms with van der Waals surface area (Å²) in [6, 6.07) is 0.0703. The van der Waals surface area contributed by atoms with Gasteiger partial charge in [-0.3, -0.25) is 9.69 Å². The van der Waals surface area contributed by atoms with E-state index in [9.17, 15) is 18.0 Å². The Hall–Kier alpha value is -0.820. The number of alkyl halides is 3. The molecule has 7 heteroatoms. The van der Waals surface area contributed by atoms with Crippen LogP contribution in [0.1, 0.15) is 46.0 Å². The smallest absolute Gasteiger partial charge is 0.401 e. The highest BCUT2D eigenvalue weighted by Gasteiger charge is 2.37. The quantitative estimate of drug-likeness (QED) is 0.525. The van der Waals surface area contributed by atoms with Gasteiger partial charge < -0.3 is 10.5 Å². The molecule has 1 aliphatic rings. The van der Waals surface area contributed by atoms with Gasteiger partial charge in [-0.25, -0.2) is 0 Å². The van der Waals surface area contributed by atoms with Crippen LogP contribution in [-0.2, 0) is 9.53 Å². The molecule has 1 saturated carbocycles. The molecule has 2 N–H and O–H groups in total. The van der Waals surface area contributed by atoms with Crippen molar-refractivity contribution in [2.75, 3.05) is 19.7 Å². The van der Waals surface area contributed by atoms with Crippen LogP contribution < -0.4 is 5.73 Å². The fraction of sp³-hybridized carbons (Fsp3) is 0.929. The molecular formula is C14H25F3N2O2. The van der Waals surface area contributed by atoms with E-state index >= 15 is 0 Å². The molecule has 0 radical (unpaired) electrons. The van der Waals surface area contributed by atoms with Gasteiger partial charge in [0.25, 0.3) is 0 Å². The maximum absolute atomic E-state index is 12.5. The van der Waals surface area contributed by atoms with Crippen molar-refractivity contribution in [3.05, 3.63) is 0 Å². The second kappa shape index (κ2) is 7.45. The van der Waals surface area contributed by atoms with E-state index in [1.54, 1.807) is 13.8 Å². The molecule has 124 valence electrons. The molecule has 0 aromatic heterocycles. The van der Waals surface area contributed by atoms with Crippen LogP contribution in [-0.4, -0.2) is 48.3 Å². The van der Waals surface area contributed by atoms with Crippen LogP contribution in [0.5, 0.6) is 0 Å². The molecule has 0 saturated heterocycles. The summed E-state index contributed by atoms with van der Waals surface area (Å²) in [5, 5.41) is 0. The highest BCUT2D eigenvalue weighted by molar-refractivity contribution is 5.79. The first kappa shape index (κ1) is 18.2. The van der Waals surface area contributed by atoms with Crippen molar-refractivity contribution in [3.63, 3.8) is 0 Å². The third kappa shape index (κ3) is 7.13. The number of ether oxygens (including phenoxy) is 1. The van der Waals surface area contributed by atoms with Crippen LogP contribution in [0.3, 0.4) is 0 Å². The average Bonchev–Trinajstić information content (AvgIpc) is 3.16. The molecule has 1 rings (SSSR count). The molecule has 1 unspecified atom stereocenters. The zero-order chi connectivity index (χ0) is 16.1. The second-order valence-corrected chi connectivity index (χ2v) is 5.91. The number of unbranched alkanes of at least 4 members (excludes halogenated alkanes) is 1. The molecule has 1 fully saturated rings. The van der Waals surface area contributed by atoms with E-state index in [0.29, 0.717) is 25.8 Å². The predicted octanol–water partition coefficient (Wildman–Crippen LogP) is 2.46. The Kier molecular flexibility index (Phi) is 6.46. The number of hydrogen-bond acceptors (Lipinski definition) is 4. The SMILES string of the molecule is CCOC(=O)C(C)(N)CCCCN(CC(F)(F)F)C1CC1. The number of carbonyl (C=O) groups is 1. The minimum absolute atomic E-state index is 0.0703. The first-order chi connectivity index (χ1) is 9.65. The van der Waals surface area contributed by atoms with Crippen LogP contribution in [0.15, 0.2) is 0 Å². The molecule has 0 amide bonds. The molecule has 0 heterocycles. The molecule has 1 aliphatic carbocycles. The summed E-state index contributed by atoms with van der Waals surface area (Å²) in [6.07, 6.45) is -0.862. The standard InChI is InChI=1S/C14H25F3N2O2/c1-3-21-12(20)13(2,18)8-4-5-9-19(11-6-7-11)10-14(15,16)17/h11H,3-10,18H2,1-2H3. The van der Waals surface area contributed by atoms with E-state index in [2.05, 4.69) is 0 Å². The maximum atomic E-state index is 12.5. The van der Waals surface area contributed by atoms with Gasteiger partial charge >= 0.3 is 12.1 Å². The lowest BCUT2D eigenvalue weighted by Crippen LogP contribution is -2.46. The van der Waals surface area contributed by atoms with Crippen molar-refractivity contribution in [3.8, 4) is 0 Å². The van der Waals surface area contributed by atoms with Crippen LogP contribution in [0.4, 0.5) is 13.2 Å². The summed E-state index contributed by atoms with van der Waals surface area (Å²) in [4.78, 5) is 13.1. The molecule has 0 bridgehead atoms. The third-order valence-corrected chi connectivity index (χ3v) is 3.58. The second-order valence-electron chi connectivity index (χ2n) is 5.91. The first-order valence-electron chi connectivity index (χ1n) is 7.42. The number of nitrogens with zero attached hydrogens (tertiary/aromatic N) is 1. The topological polar surface area (TPSA) is 55.6 Å². The van der Waals surface area contributed by atoms with Gasteiger partial charge in [-0.05, 0) is 52.5 Å². The largest absolute Gasteiger partial charge is 0.465 e. The number of esters is 1. The molecule has 1 atom stereocenters. The minimum atomic E-state index is -4.16. The Morgan fingerprint density at radius 3 is 2.43 bits per heavy atom. The fourth-order valence-corrected chi connectivity index (χ4v) is 2.27. The lowest BCUT2D eigenvalue weighted by molar-refractivity contribution is -0.149. The van der Waals surface area contributed by atoms with Gasteiger partial charge in [0.15, 0.2) is 0 Å². The maximum Gasteiger partial charge on any atom is 0.401 e. The Labute approximate surface area is 123 Å². The third-order valence-electron chi connectivity index (χ3n) is 3.58. The normalized spacial score (nSPS) is 18.6. The lowest BCUT2D eigenvalue weighted by atomic mass is 9.96. The molecule has 0 spiro atoms. The first-order valence-corrected chi connectivity index (χ1v) is 7.42. The van der Waals surface area contributed by atoms with Gasteiger partial charge in [-0.1, -0.05) is 0 Å². The molecular weight excluding hydrogens is 285 g/mol. The van der Waals surface area contributed by atoms with Crippen molar-refractivity contribution in [1.82, 2.24) is 4.90 Å². The summed E-state index contributed by atoms with van der Waals surface area (Å²) < 4.78 is 42.3. The number of halogens is 3. The molecule has 21 heavy (non-hydrogen) atoms. The monoisotopic (exact) mass is 310 g/mol. The van der Waals surface area contributed by atoms with Gasteiger partial charge in [-0.2, -0.15) is 13.2 Å². The number of hydrogen-bond donors (Lipinski definition) is 1. The van der Waals surface area contributed by atoms with Crippen molar-refractivity contribution < 1.29 is 22.7 Å². The highest BCUT2D eigenvalue weighted by atomic mass is 19.4. The molecule has 0 aromatic carbocycles. The summed E-state index contributed by atoms with van der Waals surface area (Å²) in [6.45, 7) is 3.11. The van der Waals surface area contributed by atoms with Gasteiger partial charge in [0, 0.05) is 6.04 Å². The molecule has 4 nitrogen and oxygen atoms in total. The fourth-order valence-electron chi connectivity index (χ4n) is 2.27. The zero-order valence-electron chi connectivity index (χ0n) is 12.7. The summed E-state index contributed by atoms with van der Waals surface area (Å²) in [5.41, 5.74) is 4.80. The number of rotatable bonds is 9. The van der Waals surface area contributed by atoms with E-state index in [1.165, 1.54) is 4.90 Å². The zero-order valence-corrected chi connectivity index (χ0v) is 12.7. The molecule has 0 aliphatic heterocycles. The number of nitrogens with two attached hydrogens (primary N) is 1. The van der Waals surface area contributed by atoms with Gasteiger partial charge in [0.05, 0.1) is 13.2 Å². The average molecular weight is 310 g/mol. The summed E-state index contributed by atoms with van der Waals surface area (Å²) in [7, 11) is 0. The molecule has 0 aromatic rings. The lowest BCUT2D eigenvalue weighted by Gasteiger charge is -2.25. The minimum Gasteiger partial charge on any atom is -0.465 e. The summed E-state index contributed by atoms with van der Waals surface area (Å²) in [5.74, 6) is -0.459. The van der Waals surface area contributed by atoms with Crippen molar-refractivity contribution in [2.24, 2.45) is 5.73 Å². The van der Waals surface area contributed by atoms with Crippen LogP contribution >= 0.6 is 0 Å². The van der Waals surface area contributed by atoms with Crippen LogP contribution in [0.25, 0.3) is 0 Å². The van der Waals surface area contributed by atoms with E-state index in [-0.39, 0.29) is 12.6 Å². The Balaban J connectivity index is 2.29. The van der Waals surface area contributed by atoms with Gasteiger partial charge in [-0.15, -0.1) is 0 Å². The van der Waals surface area contributed by atoms with E-state index in [0.717, 1.165) is 12.8 Å². The van der Waals surface area contributed by atoms with Gasteiger partial charge in [0.1, 0.15) is 5.54 Å². The van der Waals surface area contributed by atoms with E-state index < -0.39 is 24.2 Å². The van der Waals surface area contributed by atoms with Crippen LogP contribution in [0, 0.1) is 0 Å². The number of carbonyl (C=O) groups excluding carboxylic acids is 1. The Bertz CT molecular complexity index is 342. The van der Waals surface area contributed by atoms with E-state index in [4.69, 9.17) is 10.5 Å². The van der Waals surface area contributed by atoms with Crippen molar-refractivity contribution >= 4 is 5.97 Å². The Morgan fingerprint density at radius 1 is 1.33 bits per heavy atom. The predicted molar refractivity (Wildman–Crippen MR) is 73.7 cm³/mol. The summed E-state index contributed by atoms with van der Waals surface area (Å²) >= 11 is 0. The van der Waals surface area contributed by atoms with E-state index in [1.807, 2.05) is 0 Å². The van der Waals surface area contributed by atoms with Crippen molar-refractivity contribution in [2.45, 2.75) is 63.7 Å². The Morgan fingerprint density at radius 2 is 1.95 bits per heavy atom. The highest BCUT2D eigenvalue weighted by Crippen LogP contribution is 2.30. The van der Waals surface area contributed by atoms with Crippen LogP contribution in [0.2, 0.25) is 0 Å². The van der Waals surface area contributed by atoms with Gasteiger partial charge in [0.2, 0.25) is 0 Å².